The molecule has 0 fully saturated rings. The summed E-state index contributed by atoms with van der Waals surface area (Å²) in [5.74, 6) is -0.357. The van der Waals surface area contributed by atoms with Crippen LogP contribution in [0.1, 0.15) is 59.6 Å². The van der Waals surface area contributed by atoms with E-state index >= 15 is 0 Å². The molecule has 0 bridgehead atoms. The number of likely N-dealkylation sites (N-methyl/N-ethyl adjacent to an activating group) is 1. The van der Waals surface area contributed by atoms with Gasteiger partial charge in [0.1, 0.15) is 5.58 Å². The van der Waals surface area contributed by atoms with Crippen molar-refractivity contribution in [2.24, 2.45) is 0 Å². The first-order chi connectivity index (χ1) is 14.5. The van der Waals surface area contributed by atoms with Crippen molar-refractivity contribution in [1.29, 1.82) is 0 Å². The van der Waals surface area contributed by atoms with Crippen molar-refractivity contribution in [3.05, 3.63) is 80.7 Å². The average Bonchev–Trinajstić information content (AvgIpc) is 2.70. The van der Waals surface area contributed by atoms with Gasteiger partial charge in [-0.25, -0.2) is 0 Å². The first kappa shape index (κ1) is 25.6. The molecule has 1 unspecified atom stereocenters. The van der Waals surface area contributed by atoms with Gasteiger partial charge in [0.2, 0.25) is 0 Å². The highest BCUT2D eigenvalue weighted by atomic mass is 35.5. The first-order valence-electron chi connectivity index (χ1n) is 10.6. The van der Waals surface area contributed by atoms with E-state index in [1.54, 1.807) is 6.07 Å². The van der Waals surface area contributed by atoms with Gasteiger partial charge in [0.15, 0.2) is 11.2 Å². The largest absolute Gasteiger partial charge is 0.450 e. The summed E-state index contributed by atoms with van der Waals surface area (Å²) >= 11 is 0. The Balaban J connectivity index is 0.00000363. The van der Waals surface area contributed by atoms with Gasteiger partial charge in [0.25, 0.3) is 5.91 Å². The number of aryl methyl sites for hydroxylation is 2. The van der Waals surface area contributed by atoms with Gasteiger partial charge in [-0.3, -0.25) is 9.59 Å². The summed E-state index contributed by atoms with van der Waals surface area (Å²) in [6.07, 6.45) is 0. The monoisotopic (exact) mass is 456 g/mol. The van der Waals surface area contributed by atoms with E-state index in [1.165, 1.54) is 11.6 Å². The molecule has 32 heavy (non-hydrogen) atoms. The summed E-state index contributed by atoms with van der Waals surface area (Å²) in [6.45, 7) is 10.8. The highest BCUT2D eigenvalue weighted by Gasteiger charge is 2.20. The van der Waals surface area contributed by atoms with Crippen molar-refractivity contribution >= 4 is 29.3 Å². The highest BCUT2D eigenvalue weighted by molar-refractivity contribution is 5.93. The molecule has 0 aliphatic heterocycles. The first-order valence-corrected chi connectivity index (χ1v) is 10.6. The summed E-state index contributed by atoms with van der Waals surface area (Å²) in [5, 5.41) is 3.43. The molecule has 6 heteroatoms. The van der Waals surface area contributed by atoms with E-state index in [2.05, 4.69) is 55.3 Å². The fourth-order valence-electron chi connectivity index (χ4n) is 3.64. The molecule has 1 amide bonds. The molecular weight excluding hydrogens is 424 g/mol. The van der Waals surface area contributed by atoms with Gasteiger partial charge in [-0.05, 0) is 61.7 Å². The van der Waals surface area contributed by atoms with E-state index in [0.717, 1.165) is 16.7 Å². The van der Waals surface area contributed by atoms with Crippen molar-refractivity contribution in [3.8, 4) is 0 Å². The molecule has 1 atom stereocenters. The third kappa shape index (κ3) is 5.40. The third-order valence-electron chi connectivity index (χ3n) is 5.88. The van der Waals surface area contributed by atoms with Crippen LogP contribution in [0, 0.1) is 13.8 Å². The topological polar surface area (TPSA) is 62.6 Å². The van der Waals surface area contributed by atoms with Crippen LogP contribution in [0.25, 0.3) is 11.0 Å². The Bertz CT molecular complexity index is 1160. The van der Waals surface area contributed by atoms with Crippen molar-refractivity contribution in [2.45, 2.75) is 46.1 Å². The van der Waals surface area contributed by atoms with Crippen molar-refractivity contribution < 1.29 is 9.21 Å². The Hall–Kier alpha value is -2.63. The summed E-state index contributed by atoms with van der Waals surface area (Å²) in [4.78, 5) is 27.4. The van der Waals surface area contributed by atoms with Gasteiger partial charge in [0, 0.05) is 12.6 Å². The Kier molecular flexibility index (Phi) is 7.92. The standard InChI is InChI=1S/C26H32N2O3.ClH/c1-16-8-13-20-22(29)14-23(31-24(20)17(16)2)25(30)27-15-21(28(6)7)18-9-11-19(12-10-18)26(3,4)5;/h8-14,21H,15H2,1-7H3,(H,27,30);1H. The summed E-state index contributed by atoms with van der Waals surface area (Å²) in [6, 6.07) is 13.4. The highest BCUT2D eigenvalue weighted by Crippen LogP contribution is 2.25. The number of nitrogens with one attached hydrogen (secondary N) is 1. The van der Waals surface area contributed by atoms with Crippen LogP contribution in [-0.4, -0.2) is 31.4 Å². The number of rotatable bonds is 5. The fraction of sp³-hybridized carbons (Fsp3) is 0.385. The lowest BCUT2D eigenvalue weighted by molar-refractivity contribution is 0.0914. The van der Waals surface area contributed by atoms with Crippen molar-refractivity contribution in [3.63, 3.8) is 0 Å². The summed E-state index contributed by atoms with van der Waals surface area (Å²) in [7, 11) is 3.97. The Morgan fingerprint density at radius 1 is 1.06 bits per heavy atom. The lowest BCUT2D eigenvalue weighted by Gasteiger charge is -2.26. The number of halogens is 1. The van der Waals surface area contributed by atoms with Crippen LogP contribution in [0.2, 0.25) is 0 Å². The Labute approximate surface area is 196 Å². The van der Waals surface area contributed by atoms with Crippen molar-refractivity contribution in [1.82, 2.24) is 10.2 Å². The van der Waals surface area contributed by atoms with Gasteiger partial charge in [-0.2, -0.15) is 0 Å². The molecule has 0 saturated carbocycles. The molecule has 3 aromatic rings. The van der Waals surface area contributed by atoms with Gasteiger partial charge in [0.05, 0.1) is 11.4 Å². The van der Waals surface area contributed by atoms with Gasteiger partial charge in [-0.15, -0.1) is 12.4 Å². The number of carbonyl (C=O) groups excluding carboxylic acids is 1. The zero-order chi connectivity index (χ0) is 22.9. The minimum absolute atomic E-state index is 0. The molecule has 172 valence electrons. The zero-order valence-corrected chi connectivity index (χ0v) is 20.7. The lowest BCUT2D eigenvalue weighted by Crippen LogP contribution is -2.35. The maximum atomic E-state index is 12.8. The molecule has 1 N–H and O–H groups in total. The molecule has 0 saturated heterocycles. The molecule has 0 aliphatic carbocycles. The smallest absolute Gasteiger partial charge is 0.287 e. The Morgan fingerprint density at radius 3 is 2.25 bits per heavy atom. The fourth-order valence-corrected chi connectivity index (χ4v) is 3.64. The van der Waals surface area contributed by atoms with E-state index in [9.17, 15) is 9.59 Å². The quantitative estimate of drug-likeness (QED) is 0.575. The number of fused-ring (bicyclic) bond motifs is 1. The van der Waals surface area contributed by atoms with Gasteiger partial charge in [-0.1, -0.05) is 51.1 Å². The Morgan fingerprint density at radius 2 is 1.69 bits per heavy atom. The molecule has 1 heterocycles. The molecule has 1 aromatic heterocycles. The molecule has 5 nitrogen and oxygen atoms in total. The molecule has 0 spiro atoms. The SMILES string of the molecule is Cc1ccc2c(=O)cc(C(=O)NCC(c3ccc(C(C)(C)C)cc3)N(C)C)oc2c1C.Cl. The van der Waals surface area contributed by atoms with E-state index < -0.39 is 5.91 Å². The predicted molar refractivity (Wildman–Crippen MR) is 133 cm³/mol. The van der Waals surface area contributed by atoms with E-state index in [-0.39, 0.29) is 35.1 Å². The van der Waals surface area contributed by atoms with E-state index in [1.807, 2.05) is 34.0 Å². The minimum Gasteiger partial charge on any atom is -0.450 e. The second-order valence-electron chi connectivity index (χ2n) is 9.42. The number of benzene rings is 2. The second kappa shape index (κ2) is 9.88. The van der Waals surface area contributed by atoms with Gasteiger partial charge >= 0.3 is 0 Å². The molecule has 3 rings (SSSR count). The van der Waals surface area contributed by atoms with Crippen LogP contribution >= 0.6 is 12.4 Å². The van der Waals surface area contributed by atoms with Crippen LogP contribution in [-0.2, 0) is 5.41 Å². The number of hydrogen-bond acceptors (Lipinski definition) is 4. The van der Waals surface area contributed by atoms with Crippen molar-refractivity contribution in [2.75, 3.05) is 20.6 Å². The normalized spacial score (nSPS) is 12.5. The van der Waals surface area contributed by atoms with E-state index in [4.69, 9.17) is 4.42 Å². The minimum atomic E-state index is -0.391. The second-order valence-corrected chi connectivity index (χ2v) is 9.42. The molecule has 0 aliphatic rings. The molecule has 2 aromatic carbocycles. The molecule has 0 radical (unpaired) electrons. The van der Waals surface area contributed by atoms with Crippen LogP contribution in [0.15, 0.2) is 51.7 Å². The third-order valence-corrected chi connectivity index (χ3v) is 5.88. The zero-order valence-electron chi connectivity index (χ0n) is 19.9. The molecular formula is C26H33ClN2O3. The number of nitrogens with zero attached hydrogens (tertiary/aromatic N) is 1. The van der Waals surface area contributed by atoms with Crippen LogP contribution in [0.5, 0.6) is 0 Å². The van der Waals surface area contributed by atoms with Gasteiger partial charge < -0.3 is 14.6 Å². The number of carbonyl (C=O) groups is 1. The van der Waals surface area contributed by atoms with E-state index in [0.29, 0.717) is 17.5 Å². The number of hydrogen-bond donors (Lipinski definition) is 1. The maximum Gasteiger partial charge on any atom is 0.287 e. The maximum absolute atomic E-state index is 12.8. The average molecular weight is 457 g/mol. The predicted octanol–water partition coefficient (Wildman–Crippen LogP) is 5.16. The van der Waals surface area contributed by atoms with Crippen LogP contribution < -0.4 is 10.7 Å². The van der Waals surface area contributed by atoms with Crippen LogP contribution in [0.3, 0.4) is 0 Å². The lowest BCUT2D eigenvalue weighted by atomic mass is 9.86. The summed E-state index contributed by atoms with van der Waals surface area (Å²) in [5.41, 5.74) is 4.61. The number of amides is 1. The van der Waals surface area contributed by atoms with Crippen LogP contribution in [0.4, 0.5) is 0 Å². The summed E-state index contributed by atoms with van der Waals surface area (Å²) < 4.78 is 5.84.